The summed E-state index contributed by atoms with van der Waals surface area (Å²) in [4.78, 5) is 7.71. The van der Waals surface area contributed by atoms with E-state index >= 15 is 0 Å². The predicted octanol–water partition coefficient (Wildman–Crippen LogP) is 3.83. The molecule has 6 heteroatoms. The van der Waals surface area contributed by atoms with Crippen molar-refractivity contribution < 1.29 is 17.6 Å². The lowest BCUT2D eigenvalue weighted by molar-refractivity contribution is -0.137. The van der Waals surface area contributed by atoms with Gasteiger partial charge in [0.05, 0.1) is 5.56 Å². The first-order valence-electron chi connectivity index (χ1n) is 5.89. The summed E-state index contributed by atoms with van der Waals surface area (Å²) < 4.78 is 43.1. The molecule has 2 aromatic heterocycles. The number of rotatable bonds is 2. The molecule has 0 aliphatic rings. The molecular weight excluding hydrogens is 269 g/mol. The molecule has 0 bridgehead atoms. The van der Waals surface area contributed by atoms with Gasteiger partial charge >= 0.3 is 6.18 Å². The van der Waals surface area contributed by atoms with Crippen LogP contribution < -0.4 is 0 Å². The fourth-order valence-corrected chi connectivity index (χ4v) is 1.87. The maximum atomic E-state index is 12.6. The lowest BCUT2D eigenvalue weighted by atomic mass is 10.1. The van der Waals surface area contributed by atoms with Crippen molar-refractivity contribution >= 4 is 11.2 Å². The highest BCUT2D eigenvalue weighted by Crippen LogP contribution is 2.30. The van der Waals surface area contributed by atoms with Crippen molar-refractivity contribution in [2.75, 3.05) is 0 Å². The zero-order valence-electron chi connectivity index (χ0n) is 10.2. The summed E-state index contributed by atoms with van der Waals surface area (Å²) in [6.45, 7) is 0. The van der Waals surface area contributed by atoms with E-state index < -0.39 is 11.7 Å². The lowest BCUT2D eigenvalue weighted by Crippen LogP contribution is -2.04. The molecule has 0 atom stereocenters. The van der Waals surface area contributed by atoms with Crippen LogP contribution in [0.25, 0.3) is 11.2 Å². The molecule has 0 aliphatic heterocycles. The average molecular weight is 278 g/mol. The highest BCUT2D eigenvalue weighted by atomic mass is 19.4. The van der Waals surface area contributed by atoms with Crippen LogP contribution in [0.5, 0.6) is 0 Å². The smallest absolute Gasteiger partial charge is 0.417 e. The zero-order chi connectivity index (χ0) is 14.2. The SMILES string of the molecule is FC(F)(F)c1cnc2oc(Cc3ccccc3)nc2c1. The lowest BCUT2D eigenvalue weighted by Gasteiger charge is -2.03. The summed E-state index contributed by atoms with van der Waals surface area (Å²) in [6.07, 6.45) is -3.27. The molecule has 0 aliphatic carbocycles. The Labute approximate surface area is 112 Å². The van der Waals surface area contributed by atoms with E-state index in [1.54, 1.807) is 0 Å². The monoisotopic (exact) mass is 278 g/mol. The second-order valence-electron chi connectivity index (χ2n) is 4.32. The van der Waals surface area contributed by atoms with E-state index in [9.17, 15) is 13.2 Å². The fourth-order valence-electron chi connectivity index (χ4n) is 1.87. The third-order valence-electron chi connectivity index (χ3n) is 2.82. The van der Waals surface area contributed by atoms with E-state index in [-0.39, 0.29) is 11.2 Å². The molecule has 3 rings (SSSR count). The summed E-state index contributed by atoms with van der Waals surface area (Å²) in [7, 11) is 0. The third-order valence-corrected chi connectivity index (χ3v) is 2.82. The molecule has 0 N–H and O–H groups in total. The normalized spacial score (nSPS) is 11.9. The van der Waals surface area contributed by atoms with Gasteiger partial charge in [-0.2, -0.15) is 13.2 Å². The van der Waals surface area contributed by atoms with Crippen LogP contribution >= 0.6 is 0 Å². The minimum Gasteiger partial charge on any atom is -0.422 e. The van der Waals surface area contributed by atoms with Crippen molar-refractivity contribution in [2.45, 2.75) is 12.6 Å². The first kappa shape index (κ1) is 12.7. The van der Waals surface area contributed by atoms with Gasteiger partial charge in [-0.3, -0.25) is 0 Å². The molecule has 0 saturated heterocycles. The minimum absolute atomic E-state index is 0.115. The van der Waals surface area contributed by atoms with Crippen LogP contribution in [-0.4, -0.2) is 9.97 Å². The van der Waals surface area contributed by atoms with E-state index in [0.29, 0.717) is 12.3 Å². The van der Waals surface area contributed by atoms with E-state index in [1.807, 2.05) is 30.3 Å². The number of hydrogen-bond donors (Lipinski definition) is 0. The molecule has 0 fully saturated rings. The third kappa shape index (κ3) is 2.49. The second-order valence-corrected chi connectivity index (χ2v) is 4.32. The predicted molar refractivity (Wildman–Crippen MR) is 66.1 cm³/mol. The average Bonchev–Trinajstić information content (AvgIpc) is 2.80. The summed E-state index contributed by atoms with van der Waals surface area (Å²) in [6, 6.07) is 10.4. The minimum atomic E-state index is -4.43. The number of benzene rings is 1. The molecule has 3 aromatic rings. The van der Waals surface area contributed by atoms with Gasteiger partial charge < -0.3 is 4.42 Å². The zero-order valence-corrected chi connectivity index (χ0v) is 10.2. The number of nitrogens with zero attached hydrogens (tertiary/aromatic N) is 2. The molecule has 3 nitrogen and oxygen atoms in total. The molecule has 0 amide bonds. The summed E-state index contributed by atoms with van der Waals surface area (Å²) >= 11 is 0. The molecule has 20 heavy (non-hydrogen) atoms. The highest BCUT2D eigenvalue weighted by molar-refractivity contribution is 5.68. The fraction of sp³-hybridized carbons (Fsp3) is 0.143. The molecule has 0 unspecified atom stereocenters. The van der Waals surface area contributed by atoms with Crippen LogP contribution in [0.15, 0.2) is 47.0 Å². The molecule has 0 spiro atoms. The number of alkyl halides is 3. The number of pyridine rings is 1. The molecular formula is C14H9F3N2O. The van der Waals surface area contributed by atoms with Crippen molar-refractivity contribution in [1.29, 1.82) is 0 Å². The number of fused-ring (bicyclic) bond motifs is 1. The topological polar surface area (TPSA) is 38.9 Å². The summed E-state index contributed by atoms with van der Waals surface area (Å²) in [5.41, 5.74) is 0.370. The Balaban J connectivity index is 1.95. The van der Waals surface area contributed by atoms with Crippen molar-refractivity contribution in [3.63, 3.8) is 0 Å². The summed E-state index contributed by atoms with van der Waals surface area (Å²) in [5.74, 6) is 0.345. The molecule has 102 valence electrons. The maximum Gasteiger partial charge on any atom is 0.417 e. The Kier molecular flexibility index (Phi) is 2.93. The van der Waals surface area contributed by atoms with Gasteiger partial charge in [0.15, 0.2) is 0 Å². The number of hydrogen-bond acceptors (Lipinski definition) is 3. The number of halogens is 3. The molecule has 2 heterocycles. The van der Waals surface area contributed by atoms with Crippen LogP contribution in [0.3, 0.4) is 0 Å². The van der Waals surface area contributed by atoms with Gasteiger partial charge in [0.2, 0.25) is 11.6 Å². The van der Waals surface area contributed by atoms with E-state index in [2.05, 4.69) is 9.97 Å². The van der Waals surface area contributed by atoms with Crippen molar-refractivity contribution in [1.82, 2.24) is 9.97 Å². The maximum absolute atomic E-state index is 12.6. The van der Waals surface area contributed by atoms with Crippen LogP contribution in [-0.2, 0) is 12.6 Å². The largest absolute Gasteiger partial charge is 0.422 e. The van der Waals surface area contributed by atoms with E-state index in [1.165, 1.54) is 0 Å². The second kappa shape index (κ2) is 4.63. The van der Waals surface area contributed by atoms with Gasteiger partial charge in [-0.05, 0) is 11.6 Å². The van der Waals surface area contributed by atoms with E-state index in [0.717, 1.165) is 17.8 Å². The molecule has 0 radical (unpaired) electrons. The Hall–Kier alpha value is -2.37. The first-order valence-corrected chi connectivity index (χ1v) is 5.89. The van der Waals surface area contributed by atoms with Gasteiger partial charge in [0, 0.05) is 12.6 Å². The Morgan fingerprint density at radius 3 is 2.55 bits per heavy atom. The van der Waals surface area contributed by atoms with E-state index in [4.69, 9.17) is 4.42 Å². The van der Waals surface area contributed by atoms with Crippen LogP contribution in [0.4, 0.5) is 13.2 Å². The van der Waals surface area contributed by atoms with Gasteiger partial charge in [-0.1, -0.05) is 30.3 Å². The van der Waals surface area contributed by atoms with Crippen molar-refractivity contribution in [3.05, 3.63) is 59.6 Å². The van der Waals surface area contributed by atoms with Gasteiger partial charge in [0.25, 0.3) is 0 Å². The molecule has 1 aromatic carbocycles. The Bertz CT molecular complexity index is 735. The van der Waals surface area contributed by atoms with Gasteiger partial charge in [-0.25, -0.2) is 9.97 Å². The standard InChI is InChI=1S/C14H9F3N2O/c15-14(16,17)10-7-11-13(18-8-10)20-12(19-11)6-9-4-2-1-3-5-9/h1-5,7-8H,6H2. The number of aromatic nitrogens is 2. The van der Waals surface area contributed by atoms with Crippen LogP contribution in [0.1, 0.15) is 17.0 Å². The Morgan fingerprint density at radius 1 is 1.10 bits per heavy atom. The molecule has 0 saturated carbocycles. The quantitative estimate of drug-likeness (QED) is 0.715. The number of oxazole rings is 1. The van der Waals surface area contributed by atoms with Gasteiger partial charge in [-0.15, -0.1) is 0 Å². The summed E-state index contributed by atoms with van der Waals surface area (Å²) in [5, 5.41) is 0. The Morgan fingerprint density at radius 2 is 1.85 bits per heavy atom. The van der Waals surface area contributed by atoms with Crippen LogP contribution in [0.2, 0.25) is 0 Å². The van der Waals surface area contributed by atoms with Crippen LogP contribution in [0, 0.1) is 0 Å². The first-order chi connectivity index (χ1) is 9.52. The highest BCUT2D eigenvalue weighted by Gasteiger charge is 2.31. The van der Waals surface area contributed by atoms with Crippen molar-refractivity contribution in [2.24, 2.45) is 0 Å². The van der Waals surface area contributed by atoms with Crippen molar-refractivity contribution in [3.8, 4) is 0 Å². The van der Waals surface area contributed by atoms with Gasteiger partial charge in [0.1, 0.15) is 5.52 Å².